The molecule has 114 valence electrons. The maximum absolute atomic E-state index is 12.6. The Morgan fingerprint density at radius 2 is 1.86 bits per heavy atom. The first-order valence-corrected chi connectivity index (χ1v) is 8.20. The first-order valence-electron chi connectivity index (χ1n) is 7.44. The number of hydrogen-bond donors (Lipinski definition) is 1. The van der Waals surface area contributed by atoms with Gasteiger partial charge in [-0.25, -0.2) is 0 Å². The molecule has 2 aliphatic rings. The minimum absolute atomic E-state index is 0.164. The van der Waals surface area contributed by atoms with Crippen molar-refractivity contribution < 1.29 is 9.90 Å². The lowest BCUT2D eigenvalue weighted by molar-refractivity contribution is -0.135. The van der Waals surface area contributed by atoms with E-state index in [0.29, 0.717) is 34.5 Å². The molecule has 2 saturated heterocycles. The first kappa shape index (κ1) is 15.1. The maximum Gasteiger partial charge on any atom is 0.227 e. The molecule has 5 heteroatoms. The molecule has 2 heterocycles. The molecule has 1 aromatic carbocycles. The molecule has 2 bridgehead atoms. The maximum atomic E-state index is 12.6. The van der Waals surface area contributed by atoms with E-state index in [-0.39, 0.29) is 12.5 Å². The van der Waals surface area contributed by atoms with E-state index in [1.165, 1.54) is 0 Å². The number of nitrogens with zero attached hydrogens (tertiary/aromatic N) is 1. The van der Waals surface area contributed by atoms with Crippen molar-refractivity contribution in [1.82, 2.24) is 4.90 Å². The second-order valence-electron chi connectivity index (χ2n) is 6.13. The number of aliphatic hydroxyl groups excluding tert-OH is 1. The topological polar surface area (TPSA) is 40.5 Å². The Labute approximate surface area is 134 Å². The number of fused-ring (bicyclic) bond motifs is 2. The Hall–Kier alpha value is -0.770. The molecule has 2 aliphatic heterocycles. The summed E-state index contributed by atoms with van der Waals surface area (Å²) in [7, 11) is 0. The van der Waals surface area contributed by atoms with Crippen molar-refractivity contribution >= 4 is 29.1 Å². The van der Waals surface area contributed by atoms with E-state index in [2.05, 4.69) is 4.90 Å². The molecule has 1 unspecified atom stereocenters. The van der Waals surface area contributed by atoms with Crippen molar-refractivity contribution in [2.75, 3.05) is 6.61 Å². The third kappa shape index (κ3) is 3.05. The lowest BCUT2D eigenvalue weighted by Gasteiger charge is -2.38. The minimum Gasteiger partial charge on any atom is -0.396 e. The third-order valence-electron chi connectivity index (χ3n) is 4.72. The molecule has 1 N–H and O–H groups in total. The molecule has 1 aromatic rings. The van der Waals surface area contributed by atoms with Crippen LogP contribution in [0.2, 0.25) is 10.0 Å². The number of rotatable bonds is 3. The van der Waals surface area contributed by atoms with Crippen molar-refractivity contribution in [1.29, 1.82) is 0 Å². The zero-order valence-electron chi connectivity index (χ0n) is 11.8. The molecule has 21 heavy (non-hydrogen) atoms. The molecule has 0 saturated carbocycles. The van der Waals surface area contributed by atoms with Crippen LogP contribution < -0.4 is 0 Å². The summed E-state index contributed by atoms with van der Waals surface area (Å²) in [6.45, 7) is 0.238. The van der Waals surface area contributed by atoms with Crippen LogP contribution in [0.25, 0.3) is 0 Å². The van der Waals surface area contributed by atoms with Crippen molar-refractivity contribution in [2.45, 2.75) is 44.2 Å². The van der Waals surface area contributed by atoms with Gasteiger partial charge in [0.05, 0.1) is 16.5 Å². The largest absolute Gasteiger partial charge is 0.396 e. The van der Waals surface area contributed by atoms with Crippen LogP contribution in [0, 0.1) is 5.92 Å². The van der Waals surface area contributed by atoms with Gasteiger partial charge in [-0.15, -0.1) is 0 Å². The van der Waals surface area contributed by atoms with E-state index in [9.17, 15) is 9.90 Å². The summed E-state index contributed by atoms with van der Waals surface area (Å²) in [6.07, 6.45) is 4.36. The molecule has 0 aromatic heterocycles. The third-order valence-corrected chi connectivity index (χ3v) is 5.46. The highest BCUT2D eigenvalue weighted by molar-refractivity contribution is 6.42. The van der Waals surface area contributed by atoms with Crippen LogP contribution in [0.5, 0.6) is 0 Å². The minimum atomic E-state index is 0.164. The molecule has 0 radical (unpaired) electrons. The van der Waals surface area contributed by atoms with Gasteiger partial charge in [0.15, 0.2) is 0 Å². The summed E-state index contributed by atoms with van der Waals surface area (Å²) < 4.78 is 0. The summed E-state index contributed by atoms with van der Waals surface area (Å²) in [4.78, 5) is 14.7. The Balaban J connectivity index is 1.70. The molecule has 1 amide bonds. The van der Waals surface area contributed by atoms with Crippen molar-refractivity contribution in [3.8, 4) is 0 Å². The number of benzene rings is 1. The highest BCUT2D eigenvalue weighted by Gasteiger charge is 2.42. The van der Waals surface area contributed by atoms with E-state index in [0.717, 1.165) is 31.2 Å². The van der Waals surface area contributed by atoms with Crippen molar-refractivity contribution in [3.63, 3.8) is 0 Å². The SMILES string of the molecule is O=C(Cc1ccc(Cl)c(Cl)c1)N1[C@@H]2CC[C@H]1CC(CO)C2. The molecule has 0 aliphatic carbocycles. The molecule has 0 spiro atoms. The molecular formula is C16H19Cl2NO2. The standard InChI is InChI=1S/C16H19Cl2NO2/c17-14-4-1-10(7-15(14)18)8-16(21)19-12-2-3-13(19)6-11(5-12)9-20/h1,4,7,11-13,20H,2-3,5-6,8-9H2/t11?,12-,13+. The van der Waals surface area contributed by atoms with Crippen LogP contribution in [0.1, 0.15) is 31.2 Å². The van der Waals surface area contributed by atoms with E-state index in [1.807, 2.05) is 6.07 Å². The first-order chi connectivity index (χ1) is 10.1. The average Bonchev–Trinajstić information content (AvgIpc) is 2.73. The highest BCUT2D eigenvalue weighted by atomic mass is 35.5. The number of carbonyl (C=O) groups excluding carboxylic acids is 1. The Kier molecular flexibility index (Phi) is 4.43. The van der Waals surface area contributed by atoms with Gasteiger partial charge < -0.3 is 10.0 Å². The fourth-order valence-electron chi connectivity index (χ4n) is 3.76. The summed E-state index contributed by atoms with van der Waals surface area (Å²) in [5, 5.41) is 10.3. The smallest absolute Gasteiger partial charge is 0.227 e. The van der Waals surface area contributed by atoms with Crippen molar-refractivity contribution in [3.05, 3.63) is 33.8 Å². The number of amides is 1. The fourth-order valence-corrected chi connectivity index (χ4v) is 4.08. The molecule has 2 fully saturated rings. The van der Waals surface area contributed by atoms with Crippen LogP contribution in [-0.4, -0.2) is 34.6 Å². The molecule has 3 nitrogen and oxygen atoms in total. The van der Waals surface area contributed by atoms with Gasteiger partial charge >= 0.3 is 0 Å². The number of halogens is 2. The Bertz CT molecular complexity index is 535. The average molecular weight is 328 g/mol. The monoisotopic (exact) mass is 327 g/mol. The lowest BCUT2D eigenvalue weighted by Crippen LogP contribution is -2.47. The molecular weight excluding hydrogens is 309 g/mol. The van der Waals surface area contributed by atoms with Gasteiger partial charge in [0.1, 0.15) is 0 Å². The zero-order chi connectivity index (χ0) is 15.0. The van der Waals surface area contributed by atoms with Crippen LogP contribution in [0.15, 0.2) is 18.2 Å². The van der Waals surface area contributed by atoms with E-state index >= 15 is 0 Å². The van der Waals surface area contributed by atoms with Gasteiger partial charge in [-0.05, 0) is 49.3 Å². The van der Waals surface area contributed by atoms with E-state index in [4.69, 9.17) is 23.2 Å². The normalized spacial score (nSPS) is 28.0. The van der Waals surface area contributed by atoms with Gasteiger partial charge in [-0.2, -0.15) is 0 Å². The number of carbonyl (C=O) groups is 1. The quantitative estimate of drug-likeness (QED) is 0.925. The zero-order valence-corrected chi connectivity index (χ0v) is 13.3. The second-order valence-corrected chi connectivity index (χ2v) is 6.95. The van der Waals surface area contributed by atoms with Crippen LogP contribution >= 0.6 is 23.2 Å². The molecule has 3 rings (SSSR count). The van der Waals surface area contributed by atoms with Gasteiger partial charge in [0.2, 0.25) is 5.91 Å². The van der Waals surface area contributed by atoms with Gasteiger partial charge in [0, 0.05) is 18.7 Å². The predicted octanol–water partition coefficient (Wildman–Crippen LogP) is 3.30. The van der Waals surface area contributed by atoms with Gasteiger partial charge in [0.25, 0.3) is 0 Å². The Morgan fingerprint density at radius 1 is 1.19 bits per heavy atom. The lowest BCUT2D eigenvalue weighted by atomic mass is 9.91. The van der Waals surface area contributed by atoms with E-state index in [1.54, 1.807) is 12.1 Å². The van der Waals surface area contributed by atoms with Gasteiger partial charge in [-0.1, -0.05) is 29.3 Å². The molecule has 3 atom stereocenters. The summed E-state index contributed by atoms with van der Waals surface area (Å²) in [5.41, 5.74) is 0.901. The summed E-state index contributed by atoms with van der Waals surface area (Å²) in [6, 6.07) is 5.96. The fraction of sp³-hybridized carbons (Fsp3) is 0.562. The predicted molar refractivity (Wildman–Crippen MR) is 83.6 cm³/mol. The number of piperidine rings is 1. The number of hydrogen-bond acceptors (Lipinski definition) is 2. The van der Waals surface area contributed by atoms with Crippen LogP contribution in [-0.2, 0) is 11.2 Å². The van der Waals surface area contributed by atoms with Gasteiger partial charge in [-0.3, -0.25) is 4.79 Å². The summed E-state index contributed by atoms with van der Waals surface area (Å²) >= 11 is 11.9. The second kappa shape index (κ2) is 6.15. The van der Waals surface area contributed by atoms with Crippen molar-refractivity contribution in [2.24, 2.45) is 5.92 Å². The van der Waals surface area contributed by atoms with Crippen LogP contribution in [0.3, 0.4) is 0 Å². The number of aliphatic hydroxyl groups is 1. The van der Waals surface area contributed by atoms with Crippen LogP contribution in [0.4, 0.5) is 0 Å². The highest BCUT2D eigenvalue weighted by Crippen LogP contribution is 2.38. The van der Waals surface area contributed by atoms with E-state index < -0.39 is 0 Å². The Morgan fingerprint density at radius 3 is 2.43 bits per heavy atom. The summed E-state index contributed by atoms with van der Waals surface area (Å²) in [5.74, 6) is 0.522.